The first-order valence-corrected chi connectivity index (χ1v) is 12.0. The van der Waals surface area contributed by atoms with E-state index in [2.05, 4.69) is 20.7 Å². The minimum Gasteiger partial charge on any atom is -0.325 e. The summed E-state index contributed by atoms with van der Waals surface area (Å²) >= 11 is 0. The summed E-state index contributed by atoms with van der Waals surface area (Å²) in [5, 5.41) is 7.50. The van der Waals surface area contributed by atoms with Crippen LogP contribution in [0.2, 0.25) is 0 Å². The number of benzene rings is 2. The van der Waals surface area contributed by atoms with Gasteiger partial charge in [-0.15, -0.1) is 0 Å². The van der Waals surface area contributed by atoms with Gasteiger partial charge in [-0.1, -0.05) is 43.7 Å². The van der Waals surface area contributed by atoms with Gasteiger partial charge in [0.25, 0.3) is 5.91 Å². The molecule has 1 heterocycles. The second kappa shape index (κ2) is 9.32. The van der Waals surface area contributed by atoms with E-state index in [4.69, 9.17) is 0 Å². The fourth-order valence-corrected chi connectivity index (χ4v) is 4.74. The van der Waals surface area contributed by atoms with Crippen molar-refractivity contribution in [2.75, 3.05) is 5.32 Å². The third-order valence-corrected chi connectivity index (χ3v) is 6.89. The van der Waals surface area contributed by atoms with Crippen molar-refractivity contribution in [1.82, 2.24) is 15.4 Å². The molecule has 9 nitrogen and oxygen atoms in total. The molecule has 2 aromatic carbocycles. The normalized spacial score (nSPS) is 19.2. The number of amides is 4. The molecule has 0 aliphatic carbocycles. The molecule has 0 aromatic heterocycles. The van der Waals surface area contributed by atoms with Crippen LogP contribution in [-0.2, 0) is 25.2 Å². The predicted octanol–water partition coefficient (Wildman–Crippen LogP) is 2.38. The van der Waals surface area contributed by atoms with Crippen LogP contribution >= 0.6 is 0 Å². The highest BCUT2D eigenvalue weighted by molar-refractivity contribution is 7.89. The van der Waals surface area contributed by atoms with Gasteiger partial charge in [0.15, 0.2) is 0 Å². The summed E-state index contributed by atoms with van der Waals surface area (Å²) in [5.74, 6) is -0.981. The van der Waals surface area contributed by atoms with E-state index in [0.29, 0.717) is 11.3 Å². The lowest BCUT2D eigenvalue weighted by Crippen LogP contribution is -2.44. The first-order valence-electron chi connectivity index (χ1n) is 10.5. The van der Waals surface area contributed by atoms with Gasteiger partial charge in [-0.05, 0) is 56.0 Å². The van der Waals surface area contributed by atoms with Crippen LogP contribution in [0, 0.1) is 12.8 Å². The zero-order chi connectivity index (χ0) is 24.4. The SMILES string of the molecule is Cc1ccc(S(=O)(=O)NC(CC(C)C)C(=O)Nc2cccc(C3(C)NC(=O)NC3=O)c2)cc1. The highest BCUT2D eigenvalue weighted by atomic mass is 32.2. The molecule has 2 atom stereocenters. The van der Waals surface area contributed by atoms with E-state index < -0.39 is 39.4 Å². The Bertz CT molecular complexity index is 1180. The average Bonchev–Trinajstić information content (AvgIpc) is 3.00. The standard InChI is InChI=1S/C23H28N4O5S/c1-14(2)12-19(27-33(31,32)18-10-8-15(3)9-11-18)20(28)24-17-7-5-6-16(13-17)23(4)21(29)25-22(30)26-23/h5-11,13-14,19,27H,12H2,1-4H3,(H,24,28)(H2,25,26,29,30). The largest absolute Gasteiger partial charge is 0.325 e. The maximum absolute atomic E-state index is 13.1. The van der Waals surface area contributed by atoms with Crippen LogP contribution in [0.4, 0.5) is 10.5 Å². The van der Waals surface area contributed by atoms with Gasteiger partial charge >= 0.3 is 6.03 Å². The predicted molar refractivity (Wildman–Crippen MR) is 124 cm³/mol. The summed E-state index contributed by atoms with van der Waals surface area (Å²) in [6.45, 7) is 7.20. The fourth-order valence-electron chi connectivity index (χ4n) is 3.54. The van der Waals surface area contributed by atoms with Crippen molar-refractivity contribution in [2.24, 2.45) is 5.92 Å². The average molecular weight is 473 g/mol. The molecule has 1 aliphatic heterocycles. The molecule has 0 radical (unpaired) electrons. The number of hydrogen-bond donors (Lipinski definition) is 4. The summed E-state index contributed by atoms with van der Waals surface area (Å²) in [4.78, 5) is 36.9. The number of carbonyl (C=O) groups is 3. The van der Waals surface area contributed by atoms with Crippen LogP contribution in [-0.4, -0.2) is 32.3 Å². The molecular weight excluding hydrogens is 444 g/mol. The van der Waals surface area contributed by atoms with Crippen LogP contribution in [0.3, 0.4) is 0 Å². The summed E-state index contributed by atoms with van der Waals surface area (Å²) in [6.07, 6.45) is 0.285. The lowest BCUT2D eigenvalue weighted by Gasteiger charge is -2.23. The Morgan fingerprint density at radius 2 is 1.76 bits per heavy atom. The van der Waals surface area contributed by atoms with Crippen molar-refractivity contribution in [3.8, 4) is 0 Å². The van der Waals surface area contributed by atoms with Gasteiger partial charge in [0, 0.05) is 5.69 Å². The molecule has 0 spiro atoms. The highest BCUT2D eigenvalue weighted by Crippen LogP contribution is 2.26. The first kappa shape index (κ1) is 24.4. The number of hydrogen-bond acceptors (Lipinski definition) is 5. The molecule has 1 aliphatic rings. The molecule has 1 fully saturated rings. The van der Waals surface area contributed by atoms with E-state index in [1.165, 1.54) is 12.1 Å². The number of aryl methyl sites for hydroxylation is 1. The minimum absolute atomic E-state index is 0.0455. The third kappa shape index (κ3) is 5.58. The number of carbonyl (C=O) groups excluding carboxylic acids is 3. The van der Waals surface area contributed by atoms with E-state index in [9.17, 15) is 22.8 Å². The Morgan fingerprint density at radius 3 is 2.33 bits per heavy atom. The van der Waals surface area contributed by atoms with Gasteiger partial charge in [0.1, 0.15) is 11.6 Å². The Morgan fingerprint density at radius 1 is 1.09 bits per heavy atom. The topological polar surface area (TPSA) is 133 Å². The van der Waals surface area contributed by atoms with Crippen molar-refractivity contribution < 1.29 is 22.8 Å². The number of imide groups is 1. The maximum Gasteiger partial charge on any atom is 0.322 e. The molecule has 4 amide bonds. The Hall–Kier alpha value is -3.24. The maximum atomic E-state index is 13.1. The monoisotopic (exact) mass is 472 g/mol. The van der Waals surface area contributed by atoms with Crippen LogP contribution in [0.1, 0.15) is 38.3 Å². The smallest absolute Gasteiger partial charge is 0.322 e. The van der Waals surface area contributed by atoms with Crippen LogP contribution < -0.4 is 20.7 Å². The number of nitrogens with one attached hydrogen (secondary N) is 4. The van der Waals surface area contributed by atoms with Crippen molar-refractivity contribution in [1.29, 1.82) is 0 Å². The highest BCUT2D eigenvalue weighted by Gasteiger charge is 2.43. The zero-order valence-corrected chi connectivity index (χ0v) is 19.7. The first-order chi connectivity index (χ1) is 15.4. The lowest BCUT2D eigenvalue weighted by molar-refractivity contribution is -0.123. The van der Waals surface area contributed by atoms with Crippen LogP contribution in [0.15, 0.2) is 53.4 Å². The Balaban J connectivity index is 1.81. The van der Waals surface area contributed by atoms with E-state index in [0.717, 1.165) is 5.56 Å². The van der Waals surface area contributed by atoms with Crippen LogP contribution in [0.25, 0.3) is 0 Å². The minimum atomic E-state index is -3.91. The van der Waals surface area contributed by atoms with Gasteiger partial charge in [-0.25, -0.2) is 13.2 Å². The lowest BCUT2D eigenvalue weighted by atomic mass is 9.92. The molecule has 2 unspecified atom stereocenters. The molecule has 0 saturated carbocycles. The number of sulfonamides is 1. The van der Waals surface area contributed by atoms with Crippen molar-refractivity contribution in [3.63, 3.8) is 0 Å². The second-order valence-corrected chi connectivity index (χ2v) is 10.4. The molecule has 176 valence electrons. The zero-order valence-electron chi connectivity index (χ0n) is 18.9. The van der Waals surface area contributed by atoms with Gasteiger partial charge in [0.2, 0.25) is 15.9 Å². The number of rotatable bonds is 8. The molecule has 4 N–H and O–H groups in total. The summed E-state index contributed by atoms with van der Waals surface area (Å²) in [5.41, 5.74) is 0.494. The molecule has 3 rings (SSSR count). The fraction of sp³-hybridized carbons (Fsp3) is 0.348. The molecule has 10 heteroatoms. The van der Waals surface area contributed by atoms with Crippen molar-refractivity contribution in [2.45, 2.75) is 50.6 Å². The Labute approximate surface area is 193 Å². The molecule has 0 bridgehead atoms. The third-order valence-electron chi connectivity index (χ3n) is 5.40. The number of urea groups is 1. The van der Waals surface area contributed by atoms with E-state index in [1.54, 1.807) is 43.3 Å². The van der Waals surface area contributed by atoms with Gasteiger partial charge in [0.05, 0.1) is 4.90 Å². The van der Waals surface area contributed by atoms with E-state index >= 15 is 0 Å². The summed E-state index contributed by atoms with van der Waals surface area (Å²) < 4.78 is 28.2. The van der Waals surface area contributed by atoms with Crippen molar-refractivity contribution >= 4 is 33.6 Å². The van der Waals surface area contributed by atoms with Crippen LogP contribution in [0.5, 0.6) is 0 Å². The molecule has 2 aromatic rings. The second-order valence-electron chi connectivity index (χ2n) is 8.72. The van der Waals surface area contributed by atoms with Gasteiger partial charge in [-0.3, -0.25) is 14.9 Å². The molecule has 1 saturated heterocycles. The summed E-state index contributed by atoms with van der Waals surface area (Å²) in [7, 11) is -3.91. The van der Waals surface area contributed by atoms with Gasteiger partial charge in [-0.2, -0.15) is 4.72 Å². The quantitative estimate of drug-likeness (QED) is 0.438. The number of anilines is 1. The summed E-state index contributed by atoms with van der Waals surface area (Å²) in [6, 6.07) is 11.3. The molecule has 33 heavy (non-hydrogen) atoms. The van der Waals surface area contributed by atoms with Gasteiger partial charge < -0.3 is 10.6 Å². The van der Waals surface area contributed by atoms with Crippen molar-refractivity contribution in [3.05, 3.63) is 59.7 Å². The molecular formula is C23H28N4O5S. The van der Waals surface area contributed by atoms with E-state index in [1.807, 2.05) is 20.8 Å². The Kier molecular flexibility index (Phi) is 6.89. The van der Waals surface area contributed by atoms with E-state index in [-0.39, 0.29) is 17.2 Å².